The molecule has 1 saturated heterocycles. The summed E-state index contributed by atoms with van der Waals surface area (Å²) in [6, 6.07) is 13.6. The number of amides is 2. The number of carbonyl (C=O) groups excluding carboxylic acids is 2. The SMILES string of the molecule is C=CCN1C(=O)[C@H](CC(=O)Nc2cccc(C)c2C)SC1=Nc1ccccc1C. The van der Waals surface area contributed by atoms with Crippen molar-refractivity contribution in [2.75, 3.05) is 11.9 Å². The Balaban J connectivity index is 1.77. The van der Waals surface area contributed by atoms with E-state index in [1.165, 1.54) is 11.8 Å². The van der Waals surface area contributed by atoms with Crippen LogP contribution in [0.3, 0.4) is 0 Å². The normalized spacial score (nSPS) is 17.6. The van der Waals surface area contributed by atoms with Crippen molar-refractivity contribution in [1.82, 2.24) is 4.90 Å². The average molecular weight is 408 g/mol. The summed E-state index contributed by atoms with van der Waals surface area (Å²) >= 11 is 1.33. The van der Waals surface area contributed by atoms with Gasteiger partial charge in [0.1, 0.15) is 5.25 Å². The maximum atomic E-state index is 12.9. The first-order chi connectivity index (χ1) is 13.9. The molecule has 2 amide bonds. The molecule has 6 heteroatoms. The Morgan fingerprint density at radius 1 is 1.17 bits per heavy atom. The second-order valence-electron chi connectivity index (χ2n) is 7.02. The first-order valence-electron chi connectivity index (χ1n) is 9.50. The van der Waals surface area contributed by atoms with Crippen LogP contribution in [-0.4, -0.2) is 33.7 Å². The summed E-state index contributed by atoms with van der Waals surface area (Å²) in [5, 5.41) is 3.04. The molecule has 1 aliphatic heterocycles. The Morgan fingerprint density at radius 2 is 1.90 bits per heavy atom. The van der Waals surface area contributed by atoms with Crippen LogP contribution in [0.25, 0.3) is 0 Å². The molecule has 0 saturated carbocycles. The zero-order valence-electron chi connectivity index (χ0n) is 16.9. The monoisotopic (exact) mass is 407 g/mol. The number of thioether (sulfide) groups is 1. The molecule has 2 aromatic rings. The van der Waals surface area contributed by atoms with Crippen LogP contribution in [0, 0.1) is 20.8 Å². The molecule has 1 aliphatic rings. The Bertz CT molecular complexity index is 984. The van der Waals surface area contributed by atoms with Gasteiger partial charge in [-0.25, -0.2) is 4.99 Å². The fourth-order valence-electron chi connectivity index (χ4n) is 3.07. The lowest BCUT2D eigenvalue weighted by atomic mass is 10.1. The molecule has 0 aliphatic carbocycles. The quantitative estimate of drug-likeness (QED) is 0.703. The number of rotatable bonds is 6. The molecular formula is C23H25N3O2S. The van der Waals surface area contributed by atoms with Crippen molar-refractivity contribution in [2.45, 2.75) is 32.4 Å². The standard InChI is InChI=1S/C23H25N3O2S/c1-5-13-26-22(28)20(29-23(26)25-18-11-7-6-9-16(18)3)14-21(27)24-19-12-8-10-15(2)17(19)4/h5-12,20H,1,13-14H2,2-4H3,(H,24,27)/t20-/m0/s1. The average Bonchev–Trinajstić information content (AvgIpc) is 2.96. The van der Waals surface area contributed by atoms with Crippen LogP contribution in [0.2, 0.25) is 0 Å². The number of aliphatic imine (C=N–C) groups is 1. The molecule has 1 atom stereocenters. The van der Waals surface area contributed by atoms with Gasteiger partial charge in [-0.05, 0) is 49.6 Å². The first kappa shape index (κ1) is 20.9. The summed E-state index contributed by atoms with van der Waals surface area (Å²) < 4.78 is 0. The van der Waals surface area contributed by atoms with Crippen molar-refractivity contribution in [1.29, 1.82) is 0 Å². The first-order valence-corrected chi connectivity index (χ1v) is 10.4. The summed E-state index contributed by atoms with van der Waals surface area (Å²) in [7, 11) is 0. The van der Waals surface area contributed by atoms with Crippen LogP contribution in [0.5, 0.6) is 0 Å². The largest absolute Gasteiger partial charge is 0.326 e. The minimum atomic E-state index is -0.497. The second-order valence-corrected chi connectivity index (χ2v) is 8.19. The van der Waals surface area contributed by atoms with Gasteiger partial charge in [-0.15, -0.1) is 6.58 Å². The Kier molecular flexibility index (Phi) is 6.54. The lowest BCUT2D eigenvalue weighted by Crippen LogP contribution is -2.33. The van der Waals surface area contributed by atoms with Crippen molar-refractivity contribution in [2.24, 2.45) is 4.99 Å². The molecule has 0 spiro atoms. The van der Waals surface area contributed by atoms with Crippen LogP contribution in [0.4, 0.5) is 11.4 Å². The van der Waals surface area contributed by atoms with E-state index in [9.17, 15) is 9.59 Å². The van der Waals surface area contributed by atoms with Gasteiger partial charge in [0, 0.05) is 18.7 Å². The maximum Gasteiger partial charge on any atom is 0.242 e. The van der Waals surface area contributed by atoms with E-state index in [1.54, 1.807) is 11.0 Å². The summed E-state index contributed by atoms with van der Waals surface area (Å²) in [5.41, 5.74) is 4.77. The molecule has 2 aromatic carbocycles. The van der Waals surface area contributed by atoms with Crippen molar-refractivity contribution >= 4 is 40.1 Å². The Labute approximate surface area is 175 Å². The fourth-order valence-corrected chi connectivity index (χ4v) is 4.23. The number of aryl methyl sites for hydroxylation is 2. The van der Waals surface area contributed by atoms with Gasteiger partial charge in [-0.1, -0.05) is 48.2 Å². The minimum absolute atomic E-state index is 0.0946. The van der Waals surface area contributed by atoms with Gasteiger partial charge in [0.15, 0.2) is 5.17 Å². The lowest BCUT2D eigenvalue weighted by Gasteiger charge is -2.14. The number of carbonyl (C=O) groups is 2. The molecule has 0 unspecified atom stereocenters. The summed E-state index contributed by atoms with van der Waals surface area (Å²) in [6.07, 6.45) is 1.77. The van der Waals surface area contributed by atoms with Gasteiger partial charge in [0.25, 0.3) is 0 Å². The number of benzene rings is 2. The number of hydrogen-bond donors (Lipinski definition) is 1. The van der Waals surface area contributed by atoms with Crippen molar-refractivity contribution in [3.8, 4) is 0 Å². The van der Waals surface area contributed by atoms with E-state index in [0.29, 0.717) is 11.7 Å². The molecule has 0 aromatic heterocycles. The summed E-state index contributed by atoms with van der Waals surface area (Å²) in [5.74, 6) is -0.293. The summed E-state index contributed by atoms with van der Waals surface area (Å²) in [6.45, 7) is 10.1. The van der Waals surface area contributed by atoms with E-state index in [2.05, 4.69) is 16.9 Å². The van der Waals surface area contributed by atoms with Gasteiger partial charge in [0.05, 0.1) is 5.69 Å². The Morgan fingerprint density at radius 3 is 2.62 bits per heavy atom. The fraction of sp³-hybridized carbons (Fsp3) is 0.261. The zero-order chi connectivity index (χ0) is 21.0. The summed E-state index contributed by atoms with van der Waals surface area (Å²) in [4.78, 5) is 31.8. The van der Waals surface area contributed by atoms with Gasteiger partial charge < -0.3 is 5.32 Å². The predicted molar refractivity (Wildman–Crippen MR) is 121 cm³/mol. The van der Waals surface area contributed by atoms with Crippen LogP contribution in [0.15, 0.2) is 60.1 Å². The van der Waals surface area contributed by atoms with Gasteiger partial charge >= 0.3 is 0 Å². The van der Waals surface area contributed by atoms with E-state index in [4.69, 9.17) is 0 Å². The molecule has 150 valence electrons. The van der Waals surface area contributed by atoms with Crippen LogP contribution in [0.1, 0.15) is 23.1 Å². The molecular weight excluding hydrogens is 382 g/mol. The highest BCUT2D eigenvalue weighted by Gasteiger charge is 2.38. The van der Waals surface area contributed by atoms with Gasteiger partial charge in [0.2, 0.25) is 11.8 Å². The number of para-hydroxylation sites is 1. The van der Waals surface area contributed by atoms with E-state index >= 15 is 0 Å². The molecule has 1 fully saturated rings. The number of nitrogens with zero attached hydrogens (tertiary/aromatic N) is 2. The van der Waals surface area contributed by atoms with Crippen LogP contribution in [-0.2, 0) is 9.59 Å². The van der Waals surface area contributed by atoms with Crippen molar-refractivity contribution in [3.05, 3.63) is 71.8 Å². The topological polar surface area (TPSA) is 61.8 Å². The van der Waals surface area contributed by atoms with E-state index in [0.717, 1.165) is 28.1 Å². The molecule has 1 N–H and O–H groups in total. The maximum absolute atomic E-state index is 12.9. The van der Waals surface area contributed by atoms with Gasteiger partial charge in [-0.2, -0.15) is 0 Å². The lowest BCUT2D eigenvalue weighted by molar-refractivity contribution is -0.127. The number of nitrogens with one attached hydrogen (secondary N) is 1. The Hall–Kier alpha value is -2.86. The van der Waals surface area contributed by atoms with E-state index in [-0.39, 0.29) is 18.2 Å². The van der Waals surface area contributed by atoms with Crippen molar-refractivity contribution < 1.29 is 9.59 Å². The smallest absolute Gasteiger partial charge is 0.242 e. The number of amidine groups is 1. The third-order valence-corrected chi connectivity index (χ3v) is 6.09. The molecule has 5 nitrogen and oxygen atoms in total. The second kappa shape index (κ2) is 9.09. The predicted octanol–water partition coefficient (Wildman–Crippen LogP) is 4.76. The molecule has 0 radical (unpaired) electrons. The van der Waals surface area contributed by atoms with Crippen molar-refractivity contribution in [3.63, 3.8) is 0 Å². The van der Waals surface area contributed by atoms with Crippen LogP contribution < -0.4 is 5.32 Å². The highest BCUT2D eigenvalue weighted by atomic mass is 32.2. The zero-order valence-corrected chi connectivity index (χ0v) is 17.8. The van der Waals surface area contributed by atoms with E-state index in [1.807, 2.05) is 63.2 Å². The number of anilines is 1. The third-order valence-electron chi connectivity index (χ3n) is 4.91. The minimum Gasteiger partial charge on any atom is -0.326 e. The molecule has 0 bridgehead atoms. The number of hydrogen-bond acceptors (Lipinski definition) is 4. The van der Waals surface area contributed by atoms with Crippen LogP contribution >= 0.6 is 11.8 Å². The highest BCUT2D eigenvalue weighted by Crippen LogP contribution is 2.32. The third kappa shape index (κ3) is 4.77. The molecule has 3 rings (SSSR count). The highest BCUT2D eigenvalue weighted by molar-refractivity contribution is 8.15. The molecule has 1 heterocycles. The molecule has 29 heavy (non-hydrogen) atoms. The van der Waals surface area contributed by atoms with Gasteiger partial charge in [-0.3, -0.25) is 14.5 Å². The van der Waals surface area contributed by atoms with E-state index < -0.39 is 5.25 Å².